The molecule has 0 amide bonds. The molecule has 3 rings (SSSR count). The van der Waals surface area contributed by atoms with Gasteiger partial charge in [-0.1, -0.05) is 19.0 Å². The minimum Gasteiger partial charge on any atom is -0.452 e. The van der Waals surface area contributed by atoms with Crippen molar-refractivity contribution in [3.63, 3.8) is 0 Å². The van der Waals surface area contributed by atoms with Gasteiger partial charge < -0.3 is 14.0 Å². The number of esters is 1. The highest BCUT2D eigenvalue weighted by atomic mass is 32.2. The molecule has 1 fully saturated rings. The van der Waals surface area contributed by atoms with Gasteiger partial charge in [-0.25, -0.2) is 13.2 Å². The zero-order chi connectivity index (χ0) is 21.2. The highest BCUT2D eigenvalue weighted by Gasteiger charge is 2.32. The number of nitrogens with zero attached hydrogens (tertiary/aromatic N) is 3. The van der Waals surface area contributed by atoms with Crippen LogP contribution in [0.5, 0.6) is 0 Å². The highest BCUT2D eigenvalue weighted by Crippen LogP contribution is 2.22. The van der Waals surface area contributed by atoms with Crippen LogP contribution in [0, 0.1) is 0 Å². The highest BCUT2D eigenvalue weighted by molar-refractivity contribution is 7.89. The molecule has 0 N–H and O–H groups in total. The Bertz CT molecular complexity index is 945. The van der Waals surface area contributed by atoms with E-state index in [-0.39, 0.29) is 41.1 Å². The van der Waals surface area contributed by atoms with Gasteiger partial charge in [0.1, 0.15) is 0 Å². The lowest BCUT2D eigenvalue weighted by Crippen LogP contribution is -2.48. The number of hydrogen-bond acceptors (Lipinski definition) is 8. The third kappa shape index (κ3) is 5.01. The van der Waals surface area contributed by atoms with E-state index in [4.69, 9.17) is 14.0 Å². The Balaban J connectivity index is 1.64. The summed E-state index contributed by atoms with van der Waals surface area (Å²) in [5, 5.41) is 3.80. The van der Waals surface area contributed by atoms with Crippen molar-refractivity contribution in [3.8, 4) is 0 Å². The van der Waals surface area contributed by atoms with Gasteiger partial charge in [0, 0.05) is 19.0 Å². The topological polar surface area (TPSA) is 112 Å². The summed E-state index contributed by atoms with van der Waals surface area (Å²) in [6, 6.07) is 5.66. The van der Waals surface area contributed by atoms with E-state index >= 15 is 0 Å². The molecular formula is C19H25N3O6S. The number of aromatic nitrogens is 2. The summed E-state index contributed by atoms with van der Waals surface area (Å²) in [5.41, 5.74) is 0.233. The Kier molecular flexibility index (Phi) is 6.35. The van der Waals surface area contributed by atoms with Crippen molar-refractivity contribution < 1.29 is 27.2 Å². The van der Waals surface area contributed by atoms with Gasteiger partial charge in [-0.3, -0.25) is 0 Å². The molecule has 2 atom stereocenters. The molecule has 0 aliphatic carbocycles. The molecule has 0 bridgehead atoms. The van der Waals surface area contributed by atoms with Gasteiger partial charge in [-0.05, 0) is 38.1 Å². The van der Waals surface area contributed by atoms with Gasteiger partial charge in [0.25, 0.3) is 5.89 Å². The zero-order valence-corrected chi connectivity index (χ0v) is 17.7. The van der Waals surface area contributed by atoms with Crippen molar-refractivity contribution in [2.45, 2.75) is 57.3 Å². The predicted molar refractivity (Wildman–Crippen MR) is 103 cm³/mol. The summed E-state index contributed by atoms with van der Waals surface area (Å²) in [5.74, 6) is 0.246. The lowest BCUT2D eigenvalue weighted by Gasteiger charge is -2.34. The molecule has 0 radical (unpaired) electrons. The molecule has 10 heteroatoms. The monoisotopic (exact) mass is 423 g/mol. The fourth-order valence-corrected chi connectivity index (χ4v) is 4.60. The molecule has 2 heterocycles. The quantitative estimate of drug-likeness (QED) is 0.651. The van der Waals surface area contributed by atoms with Crippen LogP contribution >= 0.6 is 0 Å². The molecule has 0 saturated carbocycles. The van der Waals surface area contributed by atoms with Crippen molar-refractivity contribution in [1.82, 2.24) is 14.4 Å². The van der Waals surface area contributed by atoms with E-state index < -0.39 is 16.0 Å². The van der Waals surface area contributed by atoms with Gasteiger partial charge in [-0.2, -0.15) is 9.29 Å². The smallest absolute Gasteiger partial charge is 0.338 e. The first-order valence-corrected chi connectivity index (χ1v) is 10.9. The lowest BCUT2D eigenvalue weighted by atomic mass is 10.2. The minimum atomic E-state index is -3.66. The molecule has 0 spiro atoms. The summed E-state index contributed by atoms with van der Waals surface area (Å²) in [7, 11) is -3.66. The molecule has 0 unspecified atom stereocenters. The van der Waals surface area contributed by atoms with E-state index in [1.165, 1.54) is 28.6 Å². The average molecular weight is 423 g/mol. The molecular weight excluding hydrogens is 398 g/mol. The third-order valence-electron chi connectivity index (χ3n) is 4.44. The normalized spacial score (nSPS) is 20.7. The maximum Gasteiger partial charge on any atom is 0.338 e. The van der Waals surface area contributed by atoms with E-state index in [1.54, 1.807) is 0 Å². The van der Waals surface area contributed by atoms with E-state index in [1.807, 2.05) is 27.7 Å². The van der Waals surface area contributed by atoms with Crippen molar-refractivity contribution in [2.24, 2.45) is 0 Å². The number of hydrogen-bond donors (Lipinski definition) is 0. The SMILES string of the molecule is CC(C)c1noc(COC(=O)c2ccc(S(=O)(=O)N3C[C@@H](C)O[C@H](C)C3)cc2)n1. The first-order chi connectivity index (χ1) is 13.7. The fraction of sp³-hybridized carbons (Fsp3) is 0.526. The molecule has 9 nitrogen and oxygen atoms in total. The van der Waals surface area contributed by atoms with E-state index in [0.29, 0.717) is 18.9 Å². The van der Waals surface area contributed by atoms with E-state index in [9.17, 15) is 13.2 Å². The molecule has 2 aromatic rings. The summed E-state index contributed by atoms with van der Waals surface area (Å²) >= 11 is 0. The van der Waals surface area contributed by atoms with Crippen LogP contribution in [0.4, 0.5) is 0 Å². The van der Waals surface area contributed by atoms with Crippen LogP contribution in [0.2, 0.25) is 0 Å². The maximum absolute atomic E-state index is 12.9. The molecule has 1 aromatic carbocycles. The van der Waals surface area contributed by atoms with Crippen molar-refractivity contribution in [3.05, 3.63) is 41.5 Å². The molecule has 1 aliphatic heterocycles. The Morgan fingerprint density at radius 2 is 1.83 bits per heavy atom. The zero-order valence-electron chi connectivity index (χ0n) is 16.9. The van der Waals surface area contributed by atoms with Crippen molar-refractivity contribution in [2.75, 3.05) is 13.1 Å². The summed E-state index contributed by atoms with van der Waals surface area (Å²) in [4.78, 5) is 16.5. The minimum absolute atomic E-state index is 0.107. The van der Waals surface area contributed by atoms with Gasteiger partial charge in [0.2, 0.25) is 10.0 Å². The van der Waals surface area contributed by atoms with Crippen LogP contribution in [0.3, 0.4) is 0 Å². The predicted octanol–water partition coefficient (Wildman–Crippen LogP) is 2.35. The third-order valence-corrected chi connectivity index (χ3v) is 6.29. The van der Waals surface area contributed by atoms with Crippen molar-refractivity contribution in [1.29, 1.82) is 0 Å². The Labute approximate surface area is 170 Å². The second kappa shape index (κ2) is 8.60. The van der Waals surface area contributed by atoms with Crippen LogP contribution in [-0.2, 0) is 26.1 Å². The molecule has 1 saturated heterocycles. The molecule has 29 heavy (non-hydrogen) atoms. The van der Waals surface area contributed by atoms with E-state index in [2.05, 4.69) is 10.1 Å². The number of benzene rings is 1. The first-order valence-electron chi connectivity index (χ1n) is 9.42. The van der Waals surface area contributed by atoms with Crippen LogP contribution in [-0.4, -0.2) is 54.1 Å². The number of carbonyl (C=O) groups is 1. The largest absolute Gasteiger partial charge is 0.452 e. The number of rotatable bonds is 6. The first kappa shape index (κ1) is 21.4. The Morgan fingerprint density at radius 3 is 2.38 bits per heavy atom. The average Bonchev–Trinajstić information content (AvgIpc) is 3.15. The number of sulfonamides is 1. The molecule has 1 aromatic heterocycles. The second-order valence-corrected chi connectivity index (χ2v) is 9.32. The number of morpholine rings is 1. The fourth-order valence-electron chi connectivity index (χ4n) is 3.01. The van der Waals surface area contributed by atoms with Gasteiger partial charge in [-0.15, -0.1) is 0 Å². The maximum atomic E-state index is 12.9. The van der Waals surface area contributed by atoms with Crippen LogP contribution in [0.25, 0.3) is 0 Å². The lowest BCUT2D eigenvalue weighted by molar-refractivity contribution is -0.0440. The van der Waals surface area contributed by atoms with Crippen molar-refractivity contribution >= 4 is 16.0 Å². The Hall–Kier alpha value is -2.30. The number of ether oxygens (including phenoxy) is 2. The summed E-state index contributed by atoms with van der Waals surface area (Å²) in [6.45, 7) is 7.96. The molecule has 1 aliphatic rings. The van der Waals surface area contributed by atoms with Crippen LogP contribution in [0.1, 0.15) is 55.7 Å². The molecule has 158 valence electrons. The summed E-state index contributed by atoms with van der Waals surface area (Å²) < 4.78 is 42.9. The van der Waals surface area contributed by atoms with Crippen LogP contribution in [0.15, 0.2) is 33.7 Å². The van der Waals surface area contributed by atoms with Gasteiger partial charge in [0.15, 0.2) is 12.4 Å². The Morgan fingerprint density at radius 1 is 1.21 bits per heavy atom. The van der Waals surface area contributed by atoms with E-state index in [0.717, 1.165) is 0 Å². The summed E-state index contributed by atoms with van der Waals surface area (Å²) in [6.07, 6.45) is -0.354. The standard InChI is InChI=1S/C19H25N3O6S/c1-12(2)18-20-17(28-21-18)11-26-19(23)15-5-7-16(8-6-15)29(24,25)22-9-13(3)27-14(4)10-22/h5-8,12-14H,9-11H2,1-4H3/t13-,14-/m1/s1. The van der Waals surface area contributed by atoms with Gasteiger partial charge in [0.05, 0.1) is 22.7 Å². The second-order valence-electron chi connectivity index (χ2n) is 7.38. The van der Waals surface area contributed by atoms with Crippen LogP contribution < -0.4 is 0 Å². The number of carbonyl (C=O) groups excluding carboxylic acids is 1. The van der Waals surface area contributed by atoms with Gasteiger partial charge >= 0.3 is 5.97 Å².